The van der Waals surface area contributed by atoms with Crippen LogP contribution in [0.3, 0.4) is 0 Å². The summed E-state index contributed by atoms with van der Waals surface area (Å²) in [6.45, 7) is 8.62. The molecule has 0 radical (unpaired) electrons. The highest BCUT2D eigenvalue weighted by Gasteiger charge is 2.44. The summed E-state index contributed by atoms with van der Waals surface area (Å²) in [5, 5.41) is 65.8. The van der Waals surface area contributed by atoms with Gasteiger partial charge in [0, 0.05) is 0 Å². The predicted octanol–water partition coefficient (Wildman–Crippen LogP) is -2.60. The second-order valence-electron chi connectivity index (χ2n) is 6.86. The molecule has 2 saturated heterocycles. The minimum Gasteiger partial charge on any atom is -0.394 e. The van der Waals surface area contributed by atoms with Crippen molar-refractivity contribution in [2.45, 2.75) is 74.8 Å². The zero-order chi connectivity index (χ0) is 22.8. The molecule has 11 nitrogen and oxygen atoms in total. The molecule has 30 heavy (non-hydrogen) atoms. The molecular weight excluding hydrogens is 404 g/mol. The standard InChI is InChI=1S/C10H18O5.C9H16O6/c1-3-5-14-10-9(13)8(12)7(11)6(4-2)15-10;1-2-3-14-9-8(13)7(12)6(11)5(4-10)15-9/h3,6-13H,1,4-5H2,2H3;2,5-13H,1,3-4H2. The first kappa shape index (κ1) is 27.1. The molecule has 10 unspecified atom stereocenters. The minimum atomic E-state index is -1.40. The fourth-order valence-electron chi connectivity index (χ4n) is 2.92. The molecule has 0 amide bonds. The van der Waals surface area contributed by atoms with Crippen LogP contribution in [0.4, 0.5) is 0 Å². The van der Waals surface area contributed by atoms with Crippen LogP contribution in [-0.4, -0.2) is 117 Å². The predicted molar refractivity (Wildman–Crippen MR) is 103 cm³/mol. The maximum atomic E-state index is 9.55. The van der Waals surface area contributed by atoms with E-state index >= 15 is 0 Å². The van der Waals surface area contributed by atoms with Gasteiger partial charge in [-0.05, 0) is 6.42 Å². The Bertz CT molecular complexity index is 457. The normalized spacial score (nSPS) is 41.5. The van der Waals surface area contributed by atoms with Crippen molar-refractivity contribution in [3.8, 4) is 0 Å². The van der Waals surface area contributed by atoms with Gasteiger partial charge >= 0.3 is 0 Å². The molecule has 0 bridgehead atoms. The summed E-state index contributed by atoms with van der Waals surface area (Å²) >= 11 is 0. The molecule has 0 aromatic rings. The topological polar surface area (TPSA) is 179 Å². The molecule has 0 saturated carbocycles. The van der Waals surface area contributed by atoms with Crippen LogP contribution in [0.5, 0.6) is 0 Å². The first-order chi connectivity index (χ1) is 14.2. The first-order valence-electron chi connectivity index (χ1n) is 9.68. The van der Waals surface area contributed by atoms with Crippen molar-refractivity contribution in [2.24, 2.45) is 0 Å². The van der Waals surface area contributed by atoms with Crippen molar-refractivity contribution in [1.82, 2.24) is 0 Å². The smallest absolute Gasteiger partial charge is 0.187 e. The summed E-state index contributed by atoms with van der Waals surface area (Å²) in [6.07, 6.45) is -7.55. The number of rotatable bonds is 8. The van der Waals surface area contributed by atoms with Crippen molar-refractivity contribution < 1.29 is 54.7 Å². The Morgan fingerprint density at radius 3 is 1.47 bits per heavy atom. The van der Waals surface area contributed by atoms with Crippen molar-refractivity contribution in [2.75, 3.05) is 19.8 Å². The molecule has 0 aliphatic carbocycles. The minimum absolute atomic E-state index is 0.142. The van der Waals surface area contributed by atoms with E-state index in [-0.39, 0.29) is 13.2 Å². The third-order valence-electron chi connectivity index (χ3n) is 4.68. The van der Waals surface area contributed by atoms with Crippen molar-refractivity contribution >= 4 is 0 Å². The average Bonchev–Trinajstić information content (AvgIpc) is 2.75. The van der Waals surface area contributed by atoms with Gasteiger partial charge in [-0.15, -0.1) is 13.2 Å². The fourth-order valence-corrected chi connectivity index (χ4v) is 2.92. The van der Waals surface area contributed by atoms with Crippen molar-refractivity contribution in [3.05, 3.63) is 25.3 Å². The number of aliphatic hydroxyl groups excluding tert-OH is 7. The maximum Gasteiger partial charge on any atom is 0.187 e. The number of aliphatic hydroxyl groups is 7. The SMILES string of the molecule is C=CCOC1OC(CC)C(O)C(O)C1O.C=CCOC1OC(CO)C(O)C(O)C1O. The zero-order valence-corrected chi connectivity index (χ0v) is 16.9. The van der Waals surface area contributed by atoms with Crippen molar-refractivity contribution in [3.63, 3.8) is 0 Å². The Morgan fingerprint density at radius 1 is 0.700 bits per heavy atom. The lowest BCUT2D eigenvalue weighted by molar-refractivity contribution is -0.298. The quantitative estimate of drug-likeness (QED) is 0.198. The molecule has 0 aromatic carbocycles. The molecule has 7 N–H and O–H groups in total. The lowest BCUT2D eigenvalue weighted by Gasteiger charge is -2.39. The van der Waals surface area contributed by atoms with Crippen LogP contribution in [0.15, 0.2) is 25.3 Å². The largest absolute Gasteiger partial charge is 0.394 e. The van der Waals surface area contributed by atoms with Gasteiger partial charge in [0.1, 0.15) is 42.7 Å². The highest BCUT2D eigenvalue weighted by atomic mass is 16.7. The summed E-state index contributed by atoms with van der Waals surface area (Å²) in [5.41, 5.74) is 0. The summed E-state index contributed by atoms with van der Waals surface area (Å²) in [5.74, 6) is 0. The first-order valence-corrected chi connectivity index (χ1v) is 9.68. The van der Waals surface area contributed by atoms with E-state index < -0.39 is 68.0 Å². The Balaban J connectivity index is 0.000000300. The van der Waals surface area contributed by atoms with E-state index in [1.165, 1.54) is 12.2 Å². The van der Waals surface area contributed by atoms with Crippen LogP contribution in [-0.2, 0) is 18.9 Å². The van der Waals surface area contributed by atoms with Gasteiger partial charge in [0.05, 0.1) is 25.9 Å². The molecule has 2 fully saturated rings. The summed E-state index contributed by atoms with van der Waals surface area (Å²) in [6, 6.07) is 0. The Labute approximate surface area is 175 Å². The zero-order valence-electron chi connectivity index (χ0n) is 16.9. The van der Waals surface area contributed by atoms with E-state index in [9.17, 15) is 30.6 Å². The molecule has 176 valence electrons. The van der Waals surface area contributed by atoms with Crippen LogP contribution in [0.2, 0.25) is 0 Å². The summed E-state index contributed by atoms with van der Waals surface area (Å²) < 4.78 is 20.5. The molecule has 11 heteroatoms. The molecule has 2 rings (SSSR count). The summed E-state index contributed by atoms with van der Waals surface area (Å²) in [4.78, 5) is 0. The average molecular weight is 438 g/mol. The number of hydrogen-bond donors (Lipinski definition) is 7. The van der Waals surface area contributed by atoms with E-state index in [2.05, 4.69) is 13.2 Å². The van der Waals surface area contributed by atoms with Gasteiger partial charge in [-0.25, -0.2) is 0 Å². The maximum absolute atomic E-state index is 9.55. The summed E-state index contributed by atoms with van der Waals surface area (Å²) in [7, 11) is 0. The van der Waals surface area contributed by atoms with Gasteiger partial charge in [-0.3, -0.25) is 0 Å². The van der Waals surface area contributed by atoms with E-state index in [0.29, 0.717) is 6.42 Å². The highest BCUT2D eigenvalue weighted by Crippen LogP contribution is 2.24. The lowest BCUT2D eigenvalue weighted by atomic mass is 9.97. The molecule has 2 heterocycles. The molecule has 2 aliphatic heterocycles. The molecule has 10 atom stereocenters. The van der Waals surface area contributed by atoms with Gasteiger partial charge in [-0.1, -0.05) is 19.1 Å². The third-order valence-corrected chi connectivity index (χ3v) is 4.68. The number of hydrogen-bond acceptors (Lipinski definition) is 11. The van der Waals surface area contributed by atoms with Gasteiger partial charge in [-0.2, -0.15) is 0 Å². The lowest BCUT2D eigenvalue weighted by Crippen LogP contribution is -2.59. The van der Waals surface area contributed by atoms with Crippen molar-refractivity contribution in [1.29, 1.82) is 0 Å². The monoisotopic (exact) mass is 438 g/mol. The highest BCUT2D eigenvalue weighted by molar-refractivity contribution is 4.90. The fraction of sp³-hybridized carbons (Fsp3) is 0.789. The van der Waals surface area contributed by atoms with Crippen LogP contribution in [0.1, 0.15) is 13.3 Å². The van der Waals surface area contributed by atoms with E-state index in [0.717, 1.165) is 0 Å². The van der Waals surface area contributed by atoms with E-state index in [1.54, 1.807) is 0 Å². The van der Waals surface area contributed by atoms with E-state index in [4.69, 9.17) is 24.1 Å². The van der Waals surface area contributed by atoms with Crippen LogP contribution >= 0.6 is 0 Å². The Hall–Kier alpha value is -0.960. The Morgan fingerprint density at radius 2 is 1.10 bits per heavy atom. The van der Waals surface area contributed by atoms with Crippen LogP contribution in [0, 0.1) is 0 Å². The number of ether oxygens (including phenoxy) is 4. The van der Waals surface area contributed by atoms with Crippen LogP contribution < -0.4 is 0 Å². The van der Waals surface area contributed by atoms with E-state index in [1.807, 2.05) is 6.92 Å². The van der Waals surface area contributed by atoms with Gasteiger partial charge in [0.2, 0.25) is 0 Å². The Kier molecular flexibility index (Phi) is 12.1. The van der Waals surface area contributed by atoms with Crippen LogP contribution in [0.25, 0.3) is 0 Å². The molecular formula is C19H34O11. The third kappa shape index (κ3) is 7.04. The van der Waals surface area contributed by atoms with Gasteiger partial charge < -0.3 is 54.7 Å². The molecule has 0 aromatic heterocycles. The second kappa shape index (κ2) is 13.5. The van der Waals surface area contributed by atoms with Gasteiger partial charge in [0.25, 0.3) is 0 Å². The van der Waals surface area contributed by atoms with Gasteiger partial charge in [0.15, 0.2) is 12.6 Å². The molecule has 2 aliphatic rings. The second-order valence-corrected chi connectivity index (χ2v) is 6.86. The molecule has 0 spiro atoms.